The molecule has 2 aliphatic rings. The summed E-state index contributed by atoms with van der Waals surface area (Å²) in [5, 5.41) is 0. The fourth-order valence-electron chi connectivity index (χ4n) is 2.84. The van der Waals surface area contributed by atoms with Crippen LogP contribution in [0.3, 0.4) is 0 Å². The molecule has 0 unspecified atom stereocenters. The number of nitrogens with zero attached hydrogens (tertiary/aromatic N) is 4. The monoisotopic (exact) mass is 260 g/mol. The summed E-state index contributed by atoms with van der Waals surface area (Å²) >= 11 is 0. The Morgan fingerprint density at radius 1 is 0.947 bits per heavy atom. The topological polar surface area (TPSA) is 49.3 Å². The summed E-state index contributed by atoms with van der Waals surface area (Å²) in [4.78, 5) is 25.0. The highest BCUT2D eigenvalue weighted by Gasteiger charge is 2.21. The number of carbonyl (C=O) groups excluding carboxylic acids is 1. The summed E-state index contributed by atoms with van der Waals surface area (Å²) in [7, 11) is 0. The summed E-state index contributed by atoms with van der Waals surface area (Å²) in [6.07, 6.45) is 7.38. The number of hydrogen-bond acceptors (Lipinski definition) is 4. The molecule has 5 nitrogen and oxygen atoms in total. The van der Waals surface area contributed by atoms with Gasteiger partial charge in [-0.2, -0.15) is 0 Å². The third-order valence-corrected chi connectivity index (χ3v) is 3.95. The first-order valence-electron chi connectivity index (χ1n) is 7.21. The van der Waals surface area contributed by atoms with Crippen molar-refractivity contribution >= 4 is 11.7 Å². The van der Waals surface area contributed by atoms with Gasteiger partial charge in [-0.15, -0.1) is 0 Å². The maximum absolute atomic E-state index is 12.4. The molecule has 5 heteroatoms. The van der Waals surface area contributed by atoms with E-state index in [-0.39, 0.29) is 5.91 Å². The molecule has 102 valence electrons. The van der Waals surface area contributed by atoms with Gasteiger partial charge < -0.3 is 9.80 Å². The van der Waals surface area contributed by atoms with Gasteiger partial charge in [0.25, 0.3) is 5.91 Å². The van der Waals surface area contributed by atoms with Crippen LogP contribution in [0, 0.1) is 0 Å². The highest BCUT2D eigenvalue weighted by atomic mass is 16.2. The SMILES string of the molecule is O=C(c1cc(N2CCCC2)ncn1)N1CCCCC1. The van der Waals surface area contributed by atoms with Gasteiger partial charge in [-0.25, -0.2) is 9.97 Å². The van der Waals surface area contributed by atoms with Crippen molar-refractivity contribution in [3.8, 4) is 0 Å². The van der Waals surface area contributed by atoms with Crippen LogP contribution in [-0.4, -0.2) is 47.0 Å². The Bertz CT molecular complexity index is 451. The van der Waals surface area contributed by atoms with Crippen LogP contribution in [0.2, 0.25) is 0 Å². The van der Waals surface area contributed by atoms with Crippen LogP contribution in [0.15, 0.2) is 12.4 Å². The second-order valence-electron chi connectivity index (χ2n) is 5.31. The van der Waals surface area contributed by atoms with Crippen molar-refractivity contribution in [1.82, 2.24) is 14.9 Å². The van der Waals surface area contributed by atoms with Crippen molar-refractivity contribution in [2.75, 3.05) is 31.1 Å². The number of anilines is 1. The Balaban J connectivity index is 1.76. The second-order valence-corrected chi connectivity index (χ2v) is 5.31. The molecule has 0 bridgehead atoms. The number of rotatable bonds is 2. The molecule has 0 N–H and O–H groups in total. The van der Waals surface area contributed by atoms with Crippen molar-refractivity contribution in [3.63, 3.8) is 0 Å². The van der Waals surface area contributed by atoms with Gasteiger partial charge in [-0.1, -0.05) is 0 Å². The standard InChI is InChI=1S/C14H20N4O/c19-14(18-8-2-1-3-9-18)12-10-13(16-11-15-12)17-6-4-5-7-17/h10-11H,1-9H2. The van der Waals surface area contributed by atoms with E-state index in [0.29, 0.717) is 5.69 Å². The van der Waals surface area contributed by atoms with Gasteiger partial charge in [0.05, 0.1) is 0 Å². The summed E-state index contributed by atoms with van der Waals surface area (Å²) < 4.78 is 0. The van der Waals surface area contributed by atoms with E-state index in [0.717, 1.165) is 44.8 Å². The van der Waals surface area contributed by atoms with E-state index in [1.165, 1.54) is 25.6 Å². The van der Waals surface area contributed by atoms with Gasteiger partial charge in [-0.05, 0) is 32.1 Å². The summed E-state index contributed by atoms with van der Waals surface area (Å²) in [5.74, 6) is 0.954. The van der Waals surface area contributed by atoms with Crippen molar-refractivity contribution in [3.05, 3.63) is 18.1 Å². The van der Waals surface area contributed by atoms with Crippen LogP contribution in [0.5, 0.6) is 0 Å². The summed E-state index contributed by atoms with van der Waals surface area (Å²) in [6.45, 7) is 3.80. The number of hydrogen-bond donors (Lipinski definition) is 0. The van der Waals surface area contributed by atoms with Crippen LogP contribution in [0.1, 0.15) is 42.6 Å². The number of likely N-dealkylation sites (tertiary alicyclic amines) is 1. The molecule has 0 aliphatic carbocycles. The molecule has 0 spiro atoms. The second kappa shape index (κ2) is 5.55. The smallest absolute Gasteiger partial charge is 0.272 e. The first kappa shape index (κ1) is 12.4. The molecule has 2 fully saturated rings. The van der Waals surface area contributed by atoms with Crippen molar-refractivity contribution in [2.24, 2.45) is 0 Å². The lowest BCUT2D eigenvalue weighted by molar-refractivity contribution is 0.0718. The lowest BCUT2D eigenvalue weighted by atomic mass is 10.1. The summed E-state index contributed by atoms with van der Waals surface area (Å²) in [6, 6.07) is 1.85. The van der Waals surface area contributed by atoms with Gasteiger partial charge in [0.1, 0.15) is 17.8 Å². The summed E-state index contributed by atoms with van der Waals surface area (Å²) in [5.41, 5.74) is 0.541. The Hall–Kier alpha value is -1.65. The zero-order valence-electron chi connectivity index (χ0n) is 11.2. The predicted octanol–water partition coefficient (Wildman–Crippen LogP) is 1.70. The van der Waals surface area contributed by atoms with E-state index in [4.69, 9.17) is 0 Å². The third-order valence-electron chi connectivity index (χ3n) is 3.95. The van der Waals surface area contributed by atoms with Crippen LogP contribution >= 0.6 is 0 Å². The first-order chi connectivity index (χ1) is 9.34. The number of carbonyl (C=O) groups is 1. The van der Waals surface area contributed by atoms with Crippen LogP contribution in [0.25, 0.3) is 0 Å². The van der Waals surface area contributed by atoms with Gasteiger partial charge >= 0.3 is 0 Å². The molecular formula is C14H20N4O. The highest BCUT2D eigenvalue weighted by Crippen LogP contribution is 2.19. The van der Waals surface area contributed by atoms with Gasteiger partial charge in [-0.3, -0.25) is 4.79 Å². The Morgan fingerprint density at radius 3 is 2.37 bits per heavy atom. The zero-order chi connectivity index (χ0) is 13.1. The molecule has 1 aromatic rings. The third kappa shape index (κ3) is 2.69. The zero-order valence-corrected chi connectivity index (χ0v) is 11.2. The van der Waals surface area contributed by atoms with E-state index in [1.54, 1.807) is 0 Å². The fourth-order valence-corrected chi connectivity index (χ4v) is 2.84. The quantitative estimate of drug-likeness (QED) is 0.812. The minimum absolute atomic E-state index is 0.0579. The van der Waals surface area contributed by atoms with E-state index in [2.05, 4.69) is 14.9 Å². The van der Waals surface area contributed by atoms with Crippen molar-refractivity contribution in [2.45, 2.75) is 32.1 Å². The van der Waals surface area contributed by atoms with Gasteiger partial charge in [0, 0.05) is 32.2 Å². The molecule has 2 saturated heterocycles. The van der Waals surface area contributed by atoms with E-state index in [9.17, 15) is 4.79 Å². The average molecular weight is 260 g/mol. The molecule has 0 aromatic carbocycles. The predicted molar refractivity (Wildman–Crippen MR) is 73.2 cm³/mol. The van der Waals surface area contributed by atoms with E-state index < -0.39 is 0 Å². The molecule has 1 amide bonds. The van der Waals surface area contributed by atoms with Crippen LogP contribution < -0.4 is 4.90 Å². The molecule has 0 atom stereocenters. The molecule has 0 saturated carbocycles. The Labute approximate surface area is 113 Å². The molecule has 2 aliphatic heterocycles. The molecule has 3 heterocycles. The van der Waals surface area contributed by atoms with Gasteiger partial charge in [0.15, 0.2) is 0 Å². The lowest BCUT2D eigenvalue weighted by Gasteiger charge is -2.26. The van der Waals surface area contributed by atoms with Crippen LogP contribution in [-0.2, 0) is 0 Å². The minimum Gasteiger partial charge on any atom is -0.357 e. The highest BCUT2D eigenvalue weighted by molar-refractivity contribution is 5.93. The van der Waals surface area contributed by atoms with E-state index >= 15 is 0 Å². The first-order valence-corrected chi connectivity index (χ1v) is 7.21. The van der Waals surface area contributed by atoms with Crippen molar-refractivity contribution < 1.29 is 4.79 Å². The molecule has 19 heavy (non-hydrogen) atoms. The van der Waals surface area contributed by atoms with Gasteiger partial charge in [0.2, 0.25) is 0 Å². The van der Waals surface area contributed by atoms with Crippen LogP contribution in [0.4, 0.5) is 5.82 Å². The molecule has 3 rings (SSSR count). The maximum Gasteiger partial charge on any atom is 0.272 e. The number of aromatic nitrogens is 2. The molecule has 0 radical (unpaired) electrons. The average Bonchev–Trinajstić information content (AvgIpc) is 3.02. The van der Waals surface area contributed by atoms with E-state index in [1.807, 2.05) is 11.0 Å². The van der Waals surface area contributed by atoms with Crippen molar-refractivity contribution in [1.29, 1.82) is 0 Å². The number of amides is 1. The normalized spacial score (nSPS) is 19.8. The number of piperidine rings is 1. The Morgan fingerprint density at radius 2 is 1.63 bits per heavy atom. The molecule has 1 aromatic heterocycles. The molecular weight excluding hydrogens is 240 g/mol. The fraction of sp³-hybridized carbons (Fsp3) is 0.643. The maximum atomic E-state index is 12.4. The Kier molecular flexibility index (Phi) is 3.62. The minimum atomic E-state index is 0.0579. The largest absolute Gasteiger partial charge is 0.357 e. The lowest BCUT2D eigenvalue weighted by Crippen LogP contribution is -2.36.